The first kappa shape index (κ1) is 11.4. The van der Waals surface area contributed by atoms with Gasteiger partial charge in [0.1, 0.15) is 6.10 Å². The van der Waals surface area contributed by atoms with E-state index in [1.54, 1.807) is 6.08 Å². The highest BCUT2D eigenvalue weighted by atomic mass is 16.5. The summed E-state index contributed by atoms with van der Waals surface area (Å²) < 4.78 is 4.96. The lowest BCUT2D eigenvalue weighted by atomic mass is 10.1. The number of hydrogen-bond acceptors (Lipinski definition) is 3. The molecule has 0 N–H and O–H groups in total. The van der Waals surface area contributed by atoms with Crippen molar-refractivity contribution in [1.82, 2.24) is 0 Å². The average molecular weight is 222 g/mol. The zero-order valence-electron chi connectivity index (χ0n) is 9.81. The van der Waals surface area contributed by atoms with E-state index < -0.39 is 0 Å². The molecule has 2 fully saturated rings. The predicted molar refractivity (Wildman–Crippen MR) is 59.7 cm³/mol. The molecule has 0 aromatic carbocycles. The van der Waals surface area contributed by atoms with Crippen molar-refractivity contribution >= 4 is 12.3 Å². The van der Waals surface area contributed by atoms with E-state index in [-0.39, 0.29) is 23.2 Å². The fraction of sp³-hybridized carbons (Fsp3) is 0.692. The van der Waals surface area contributed by atoms with Gasteiger partial charge in [-0.25, -0.2) is 0 Å². The highest BCUT2D eigenvalue weighted by Crippen LogP contribution is 2.54. The second-order valence-corrected chi connectivity index (χ2v) is 5.47. The first-order chi connectivity index (χ1) is 7.55. The summed E-state index contributed by atoms with van der Waals surface area (Å²) in [6.45, 7) is 4.58. The van der Waals surface area contributed by atoms with Crippen molar-refractivity contribution in [2.24, 2.45) is 17.3 Å². The van der Waals surface area contributed by atoms with Crippen molar-refractivity contribution in [2.45, 2.75) is 39.2 Å². The minimum absolute atomic E-state index is 0.0166. The minimum atomic E-state index is -0.0602. The number of rotatable bonds is 6. The first-order valence-corrected chi connectivity index (χ1v) is 5.86. The Bertz CT molecular complexity index is 326. The summed E-state index contributed by atoms with van der Waals surface area (Å²) >= 11 is 0. The highest BCUT2D eigenvalue weighted by molar-refractivity contribution is 5.90. The van der Waals surface area contributed by atoms with E-state index in [1.165, 1.54) is 12.8 Å². The van der Waals surface area contributed by atoms with E-state index >= 15 is 0 Å². The lowest BCUT2D eigenvalue weighted by Crippen LogP contribution is -1.98. The zero-order chi connectivity index (χ0) is 11.8. The normalized spacial score (nSPS) is 31.4. The Labute approximate surface area is 95.9 Å². The van der Waals surface area contributed by atoms with Crippen LogP contribution in [0, 0.1) is 17.3 Å². The fourth-order valence-corrected chi connectivity index (χ4v) is 2.18. The summed E-state index contributed by atoms with van der Waals surface area (Å²) in [6.07, 6.45) is 6.59. The highest BCUT2D eigenvalue weighted by Gasteiger charge is 2.58. The maximum absolute atomic E-state index is 11.5. The van der Waals surface area contributed by atoms with E-state index in [0.29, 0.717) is 18.8 Å². The van der Waals surface area contributed by atoms with E-state index in [4.69, 9.17) is 4.74 Å². The van der Waals surface area contributed by atoms with Crippen LogP contribution in [0.3, 0.4) is 0 Å². The number of ether oxygens (including phenoxy) is 1. The van der Waals surface area contributed by atoms with Gasteiger partial charge in [0.15, 0.2) is 5.78 Å². The molecule has 0 aromatic rings. The topological polar surface area (TPSA) is 43.4 Å². The molecular weight excluding hydrogens is 204 g/mol. The quantitative estimate of drug-likeness (QED) is 0.510. The van der Waals surface area contributed by atoms with E-state index in [1.807, 2.05) is 19.9 Å². The van der Waals surface area contributed by atoms with Crippen LogP contribution in [0.25, 0.3) is 0 Å². The van der Waals surface area contributed by atoms with Gasteiger partial charge in [0.25, 0.3) is 6.47 Å². The summed E-state index contributed by atoms with van der Waals surface area (Å²) in [5, 5.41) is 0. The molecule has 0 radical (unpaired) electrons. The molecule has 0 aliphatic heterocycles. The summed E-state index contributed by atoms with van der Waals surface area (Å²) in [7, 11) is 0. The van der Waals surface area contributed by atoms with E-state index in [0.717, 1.165) is 0 Å². The SMILES string of the molecule is CC1(C)C(C=CC(=O)CC2CC2)C1OC=O. The maximum atomic E-state index is 11.5. The van der Waals surface area contributed by atoms with Crippen LogP contribution in [0.2, 0.25) is 0 Å². The van der Waals surface area contributed by atoms with Gasteiger partial charge in [-0.3, -0.25) is 9.59 Å². The molecule has 2 saturated carbocycles. The molecule has 0 saturated heterocycles. The molecule has 0 spiro atoms. The Kier molecular flexibility index (Phi) is 2.87. The van der Waals surface area contributed by atoms with Gasteiger partial charge in [0.05, 0.1) is 0 Å². The molecule has 2 unspecified atom stereocenters. The van der Waals surface area contributed by atoms with Gasteiger partial charge in [-0.15, -0.1) is 0 Å². The van der Waals surface area contributed by atoms with Crippen LogP contribution in [0.4, 0.5) is 0 Å². The number of carbonyl (C=O) groups is 2. The van der Waals surface area contributed by atoms with Gasteiger partial charge in [-0.05, 0) is 24.8 Å². The number of allylic oxidation sites excluding steroid dienone is 1. The standard InChI is InChI=1S/C13H18O3/c1-13(2)11(12(13)16-8-14)6-5-10(15)7-9-3-4-9/h5-6,8-9,11-12H,3-4,7H2,1-2H3. The summed E-state index contributed by atoms with van der Waals surface area (Å²) in [5.74, 6) is 1.03. The molecule has 2 aliphatic carbocycles. The van der Waals surface area contributed by atoms with E-state index in [9.17, 15) is 9.59 Å². The molecule has 88 valence electrons. The molecule has 2 aliphatic rings. The number of hydrogen-bond donors (Lipinski definition) is 0. The van der Waals surface area contributed by atoms with Gasteiger partial charge in [0, 0.05) is 17.8 Å². The van der Waals surface area contributed by atoms with Crippen molar-refractivity contribution in [3.8, 4) is 0 Å². The summed E-state index contributed by atoms with van der Waals surface area (Å²) in [6, 6.07) is 0. The largest absolute Gasteiger partial charge is 0.463 e. The summed E-state index contributed by atoms with van der Waals surface area (Å²) in [5.41, 5.74) is -0.0166. The molecule has 3 heteroatoms. The van der Waals surface area contributed by atoms with Crippen LogP contribution in [-0.2, 0) is 14.3 Å². The number of carbonyl (C=O) groups excluding carboxylic acids is 2. The van der Waals surface area contributed by atoms with Crippen molar-refractivity contribution < 1.29 is 14.3 Å². The Hall–Kier alpha value is -1.12. The first-order valence-electron chi connectivity index (χ1n) is 5.86. The Morgan fingerprint density at radius 1 is 1.44 bits per heavy atom. The van der Waals surface area contributed by atoms with Gasteiger partial charge < -0.3 is 4.74 Å². The van der Waals surface area contributed by atoms with Crippen LogP contribution in [0.15, 0.2) is 12.2 Å². The smallest absolute Gasteiger partial charge is 0.293 e. The minimum Gasteiger partial charge on any atom is -0.463 e. The maximum Gasteiger partial charge on any atom is 0.293 e. The zero-order valence-corrected chi connectivity index (χ0v) is 9.81. The third kappa shape index (κ3) is 2.34. The predicted octanol–water partition coefficient (Wildman–Crippen LogP) is 2.11. The van der Waals surface area contributed by atoms with Crippen molar-refractivity contribution in [1.29, 1.82) is 0 Å². The molecular formula is C13H18O3. The van der Waals surface area contributed by atoms with E-state index in [2.05, 4.69) is 0 Å². The molecule has 2 atom stereocenters. The third-order valence-corrected chi connectivity index (χ3v) is 3.69. The van der Waals surface area contributed by atoms with Crippen LogP contribution < -0.4 is 0 Å². The van der Waals surface area contributed by atoms with Crippen molar-refractivity contribution in [3.63, 3.8) is 0 Å². The molecule has 3 nitrogen and oxygen atoms in total. The third-order valence-electron chi connectivity index (χ3n) is 3.69. The van der Waals surface area contributed by atoms with Gasteiger partial charge in [0.2, 0.25) is 0 Å². The van der Waals surface area contributed by atoms with Crippen LogP contribution >= 0.6 is 0 Å². The molecule has 0 bridgehead atoms. The molecule has 0 amide bonds. The molecule has 16 heavy (non-hydrogen) atoms. The molecule has 0 aromatic heterocycles. The lowest BCUT2D eigenvalue weighted by molar-refractivity contribution is -0.131. The Morgan fingerprint density at radius 2 is 2.12 bits per heavy atom. The summed E-state index contributed by atoms with van der Waals surface area (Å²) in [4.78, 5) is 21.8. The van der Waals surface area contributed by atoms with Crippen LogP contribution in [0.5, 0.6) is 0 Å². The molecule has 0 heterocycles. The van der Waals surface area contributed by atoms with Crippen molar-refractivity contribution in [2.75, 3.05) is 0 Å². The fourth-order valence-electron chi connectivity index (χ4n) is 2.18. The Morgan fingerprint density at radius 3 is 2.69 bits per heavy atom. The van der Waals surface area contributed by atoms with Crippen LogP contribution in [0.1, 0.15) is 33.1 Å². The van der Waals surface area contributed by atoms with Crippen LogP contribution in [-0.4, -0.2) is 18.4 Å². The lowest BCUT2D eigenvalue weighted by Gasteiger charge is -1.97. The second-order valence-electron chi connectivity index (χ2n) is 5.47. The molecule has 2 rings (SSSR count). The van der Waals surface area contributed by atoms with Gasteiger partial charge in [-0.2, -0.15) is 0 Å². The van der Waals surface area contributed by atoms with Gasteiger partial charge in [-0.1, -0.05) is 19.9 Å². The van der Waals surface area contributed by atoms with Gasteiger partial charge >= 0.3 is 0 Å². The Balaban J connectivity index is 1.82. The number of ketones is 1. The second kappa shape index (κ2) is 4.04. The monoisotopic (exact) mass is 222 g/mol. The van der Waals surface area contributed by atoms with Crippen molar-refractivity contribution in [3.05, 3.63) is 12.2 Å². The average Bonchev–Trinajstić information content (AvgIpc) is 3.07.